The summed E-state index contributed by atoms with van der Waals surface area (Å²) in [5.41, 5.74) is -0.0491. The molecule has 2 aromatic heterocycles. The molecule has 0 aromatic carbocycles. The number of anilines is 1. The van der Waals surface area contributed by atoms with Crippen LogP contribution in [0.15, 0.2) is 14.8 Å². The molecule has 1 aliphatic heterocycles. The molecule has 3 heterocycles. The Morgan fingerprint density at radius 3 is 2.57 bits per heavy atom. The molecule has 0 saturated carbocycles. The molecule has 0 amide bonds. The maximum absolute atomic E-state index is 12.3. The van der Waals surface area contributed by atoms with Crippen molar-refractivity contribution in [1.82, 2.24) is 19.9 Å². The number of hydrogen-bond acceptors (Lipinski definition) is 6. The third-order valence-electron chi connectivity index (χ3n) is 4.28. The Bertz CT molecular complexity index is 781. The van der Waals surface area contributed by atoms with Gasteiger partial charge in [0.2, 0.25) is 4.96 Å². The Hall–Kier alpha value is -0.990. The van der Waals surface area contributed by atoms with Gasteiger partial charge in [-0.15, -0.1) is 5.10 Å². The molecule has 1 saturated heterocycles. The minimum absolute atomic E-state index is 0.0489. The van der Waals surface area contributed by atoms with Crippen molar-refractivity contribution < 1.29 is 0 Å². The zero-order valence-corrected chi connectivity index (χ0v) is 16.5. The zero-order chi connectivity index (χ0) is 17.0. The third kappa shape index (κ3) is 3.44. The molecule has 0 aliphatic carbocycles. The van der Waals surface area contributed by atoms with Crippen LogP contribution in [0, 0.1) is 0 Å². The van der Waals surface area contributed by atoms with Crippen LogP contribution in [0.3, 0.4) is 0 Å². The van der Waals surface area contributed by atoms with E-state index in [0.717, 1.165) is 12.8 Å². The summed E-state index contributed by atoms with van der Waals surface area (Å²) in [5.74, 6) is 0.713. The highest BCUT2D eigenvalue weighted by Gasteiger charge is 2.39. The van der Waals surface area contributed by atoms with Gasteiger partial charge in [0, 0.05) is 30.2 Å². The lowest BCUT2D eigenvalue weighted by molar-refractivity contribution is 0.160. The predicted octanol–water partition coefficient (Wildman–Crippen LogP) is 2.66. The van der Waals surface area contributed by atoms with Crippen LogP contribution < -0.4 is 15.8 Å². The first-order valence-electron chi connectivity index (χ1n) is 7.65. The molecule has 23 heavy (non-hydrogen) atoms. The summed E-state index contributed by atoms with van der Waals surface area (Å²) >= 11 is 4.68. The molecule has 0 spiro atoms. The van der Waals surface area contributed by atoms with Gasteiger partial charge in [0.05, 0.1) is 0 Å². The monoisotopic (exact) mass is 399 g/mol. The van der Waals surface area contributed by atoms with E-state index < -0.39 is 0 Å². The van der Waals surface area contributed by atoms with E-state index in [4.69, 9.17) is 0 Å². The molecule has 1 N–H and O–H groups in total. The summed E-state index contributed by atoms with van der Waals surface area (Å²) < 4.78 is 1.99. The van der Waals surface area contributed by atoms with Gasteiger partial charge in [-0.1, -0.05) is 11.3 Å². The van der Waals surface area contributed by atoms with Crippen molar-refractivity contribution in [2.75, 3.05) is 11.9 Å². The minimum atomic E-state index is -0.147. The highest BCUT2D eigenvalue weighted by atomic mass is 79.9. The van der Waals surface area contributed by atoms with E-state index in [1.807, 2.05) is 7.05 Å². The SMILES string of the molecule is CN(c1cc(=O)n2nc(Br)sc2n1)C1CC(C)(C)NC(C)(C)C1. The summed E-state index contributed by atoms with van der Waals surface area (Å²) in [6, 6.07) is 1.90. The first-order chi connectivity index (χ1) is 10.6. The largest absolute Gasteiger partial charge is 0.356 e. The van der Waals surface area contributed by atoms with Gasteiger partial charge in [-0.25, -0.2) is 4.98 Å². The van der Waals surface area contributed by atoms with E-state index in [0.29, 0.717) is 20.7 Å². The van der Waals surface area contributed by atoms with E-state index in [9.17, 15) is 4.79 Å². The average Bonchev–Trinajstić information content (AvgIpc) is 2.75. The van der Waals surface area contributed by atoms with Crippen molar-refractivity contribution in [1.29, 1.82) is 0 Å². The molecule has 2 aromatic rings. The van der Waals surface area contributed by atoms with Crippen LogP contribution in [-0.2, 0) is 0 Å². The van der Waals surface area contributed by atoms with Crippen molar-refractivity contribution in [2.24, 2.45) is 0 Å². The standard InChI is InChI=1S/C15H22BrN5OS/c1-14(2)7-9(8-15(3,4)19-14)20(5)10-6-11(22)21-13(17-10)23-12(16)18-21/h6,9,19H,7-8H2,1-5H3. The molecular formula is C15H22BrN5OS. The molecule has 0 radical (unpaired) electrons. The topological polar surface area (TPSA) is 62.5 Å². The van der Waals surface area contributed by atoms with Crippen LogP contribution in [0.2, 0.25) is 0 Å². The minimum Gasteiger partial charge on any atom is -0.356 e. The molecule has 6 nitrogen and oxygen atoms in total. The summed E-state index contributed by atoms with van der Waals surface area (Å²) in [7, 11) is 2.02. The lowest BCUT2D eigenvalue weighted by atomic mass is 9.79. The second kappa shape index (κ2) is 5.53. The molecule has 126 valence electrons. The molecule has 8 heteroatoms. The molecule has 0 unspecified atom stereocenters. The van der Waals surface area contributed by atoms with E-state index >= 15 is 0 Å². The van der Waals surface area contributed by atoms with E-state index in [1.165, 1.54) is 15.9 Å². The van der Waals surface area contributed by atoms with Crippen molar-refractivity contribution in [3.8, 4) is 0 Å². The quantitative estimate of drug-likeness (QED) is 0.840. The van der Waals surface area contributed by atoms with Gasteiger partial charge >= 0.3 is 0 Å². The number of halogens is 1. The summed E-state index contributed by atoms with van der Waals surface area (Å²) in [6.07, 6.45) is 2.00. The number of hydrogen-bond donors (Lipinski definition) is 1. The highest BCUT2D eigenvalue weighted by molar-refractivity contribution is 9.11. The van der Waals surface area contributed by atoms with Crippen LogP contribution in [0.1, 0.15) is 40.5 Å². The van der Waals surface area contributed by atoms with Crippen LogP contribution in [0.25, 0.3) is 4.96 Å². The number of piperidine rings is 1. The van der Waals surface area contributed by atoms with Crippen molar-refractivity contribution >= 4 is 38.0 Å². The van der Waals surface area contributed by atoms with Gasteiger partial charge in [-0.05, 0) is 56.5 Å². The first-order valence-corrected chi connectivity index (χ1v) is 9.26. The van der Waals surface area contributed by atoms with Crippen LogP contribution in [-0.4, -0.2) is 38.8 Å². The summed E-state index contributed by atoms with van der Waals surface area (Å²) in [5, 5.41) is 7.81. The van der Waals surface area contributed by atoms with E-state index in [-0.39, 0.29) is 16.6 Å². The van der Waals surface area contributed by atoms with E-state index in [1.54, 1.807) is 6.07 Å². The lowest BCUT2D eigenvalue weighted by Crippen LogP contribution is -2.62. The molecule has 1 aliphatic rings. The molecule has 1 fully saturated rings. The Kier molecular flexibility index (Phi) is 4.05. The summed E-state index contributed by atoms with van der Waals surface area (Å²) in [4.78, 5) is 19.6. The van der Waals surface area contributed by atoms with Gasteiger partial charge in [-0.2, -0.15) is 4.52 Å². The Morgan fingerprint density at radius 1 is 1.35 bits per heavy atom. The maximum Gasteiger partial charge on any atom is 0.277 e. The Labute approximate surface area is 148 Å². The molecule has 3 rings (SSSR count). The average molecular weight is 400 g/mol. The number of nitrogens with zero attached hydrogens (tertiary/aromatic N) is 4. The van der Waals surface area contributed by atoms with Gasteiger partial charge in [0.15, 0.2) is 3.92 Å². The molecular weight excluding hydrogens is 378 g/mol. The van der Waals surface area contributed by atoms with Crippen molar-refractivity contribution in [2.45, 2.75) is 57.7 Å². The first kappa shape index (κ1) is 16.9. The lowest BCUT2D eigenvalue weighted by Gasteiger charge is -2.49. The zero-order valence-electron chi connectivity index (χ0n) is 14.1. The predicted molar refractivity (Wildman–Crippen MR) is 97.6 cm³/mol. The van der Waals surface area contributed by atoms with Crippen LogP contribution >= 0.6 is 27.3 Å². The fraction of sp³-hybridized carbons (Fsp3) is 0.667. The Balaban J connectivity index is 1.96. The number of fused-ring (bicyclic) bond motifs is 1. The van der Waals surface area contributed by atoms with Gasteiger partial charge in [-0.3, -0.25) is 4.79 Å². The number of nitrogens with one attached hydrogen (secondary N) is 1. The molecule has 0 atom stereocenters. The van der Waals surface area contributed by atoms with E-state index in [2.05, 4.69) is 63.9 Å². The third-order valence-corrected chi connectivity index (χ3v) is 5.63. The van der Waals surface area contributed by atoms with Gasteiger partial charge < -0.3 is 10.2 Å². The van der Waals surface area contributed by atoms with Crippen LogP contribution in [0.5, 0.6) is 0 Å². The fourth-order valence-electron chi connectivity index (χ4n) is 3.69. The fourth-order valence-corrected chi connectivity index (χ4v) is 4.91. The second-order valence-corrected chi connectivity index (χ2v) is 9.80. The second-order valence-electron chi connectivity index (χ2n) is 7.57. The Morgan fingerprint density at radius 2 is 1.96 bits per heavy atom. The highest BCUT2D eigenvalue weighted by Crippen LogP contribution is 2.32. The normalized spacial score (nSPS) is 20.8. The summed E-state index contributed by atoms with van der Waals surface area (Å²) in [6.45, 7) is 8.89. The number of rotatable bonds is 2. The van der Waals surface area contributed by atoms with Crippen molar-refractivity contribution in [3.63, 3.8) is 0 Å². The van der Waals surface area contributed by atoms with Crippen molar-refractivity contribution in [3.05, 3.63) is 20.3 Å². The van der Waals surface area contributed by atoms with Gasteiger partial charge in [0.25, 0.3) is 5.56 Å². The molecule has 0 bridgehead atoms. The van der Waals surface area contributed by atoms with Crippen LogP contribution in [0.4, 0.5) is 5.82 Å². The van der Waals surface area contributed by atoms with Gasteiger partial charge in [0.1, 0.15) is 5.82 Å². The maximum atomic E-state index is 12.3. The smallest absolute Gasteiger partial charge is 0.277 e. The number of aromatic nitrogens is 3.